The minimum absolute atomic E-state index is 0.249. The summed E-state index contributed by atoms with van der Waals surface area (Å²) in [5.41, 5.74) is 2.83. The van der Waals surface area contributed by atoms with Crippen LogP contribution in [0.25, 0.3) is 0 Å². The van der Waals surface area contributed by atoms with E-state index in [1.165, 1.54) is 12.1 Å². The number of nitrogens with one attached hydrogen (secondary N) is 1. The number of anilines is 1. The maximum atomic E-state index is 13.5. The third-order valence-corrected chi connectivity index (χ3v) is 2.86. The van der Waals surface area contributed by atoms with E-state index >= 15 is 0 Å². The van der Waals surface area contributed by atoms with Crippen molar-refractivity contribution in [3.8, 4) is 0 Å². The third kappa shape index (κ3) is 2.86. The first-order chi connectivity index (χ1) is 8.56. The van der Waals surface area contributed by atoms with Crippen LogP contribution in [0.15, 0.2) is 36.4 Å². The first kappa shape index (κ1) is 12.6. The quantitative estimate of drug-likeness (QED) is 0.857. The van der Waals surface area contributed by atoms with Crippen LogP contribution in [0.5, 0.6) is 0 Å². The van der Waals surface area contributed by atoms with Gasteiger partial charge in [0.25, 0.3) is 0 Å². The van der Waals surface area contributed by atoms with Crippen LogP contribution >= 0.6 is 0 Å². The van der Waals surface area contributed by atoms with Gasteiger partial charge in [0.15, 0.2) is 0 Å². The summed E-state index contributed by atoms with van der Waals surface area (Å²) >= 11 is 0. The molecule has 1 N–H and O–H groups in total. The lowest BCUT2D eigenvalue weighted by atomic mass is 10.1. The normalized spacial score (nSPS) is 10.4. The van der Waals surface area contributed by atoms with Gasteiger partial charge in [0.2, 0.25) is 0 Å². The van der Waals surface area contributed by atoms with E-state index in [0.717, 1.165) is 5.56 Å². The summed E-state index contributed by atoms with van der Waals surface area (Å²) in [5, 5.41) is 3.02. The Kier molecular flexibility index (Phi) is 3.60. The summed E-state index contributed by atoms with van der Waals surface area (Å²) < 4.78 is 26.8. The minimum atomic E-state index is -0.260. The van der Waals surface area contributed by atoms with Crippen LogP contribution in [-0.2, 0) is 6.54 Å². The zero-order chi connectivity index (χ0) is 13.1. The fourth-order valence-electron chi connectivity index (χ4n) is 1.74. The van der Waals surface area contributed by atoms with Crippen molar-refractivity contribution in [1.29, 1.82) is 0 Å². The molecule has 0 spiro atoms. The van der Waals surface area contributed by atoms with Crippen LogP contribution in [0.2, 0.25) is 0 Å². The van der Waals surface area contributed by atoms with Gasteiger partial charge in [0.05, 0.1) is 0 Å². The minimum Gasteiger partial charge on any atom is -0.381 e. The largest absolute Gasteiger partial charge is 0.381 e. The SMILES string of the molecule is Cc1ccc(F)c(CNc2ccc(C)c(F)c2)c1. The average Bonchev–Trinajstić information content (AvgIpc) is 2.34. The van der Waals surface area contributed by atoms with Crippen LogP contribution in [0.3, 0.4) is 0 Å². The molecule has 0 fully saturated rings. The Labute approximate surface area is 105 Å². The zero-order valence-corrected chi connectivity index (χ0v) is 10.4. The molecule has 0 aliphatic heterocycles. The summed E-state index contributed by atoms with van der Waals surface area (Å²) in [6.45, 7) is 3.96. The van der Waals surface area contributed by atoms with Crippen LogP contribution in [0, 0.1) is 25.5 Å². The number of aryl methyl sites for hydroxylation is 2. The molecule has 0 unspecified atom stereocenters. The smallest absolute Gasteiger partial charge is 0.128 e. The molecular formula is C15H15F2N. The van der Waals surface area contributed by atoms with E-state index in [9.17, 15) is 8.78 Å². The summed E-state index contributed by atoms with van der Waals surface area (Å²) in [7, 11) is 0. The zero-order valence-electron chi connectivity index (χ0n) is 10.4. The van der Waals surface area contributed by atoms with Gasteiger partial charge in [0.1, 0.15) is 11.6 Å². The molecule has 0 heterocycles. The second-order valence-corrected chi connectivity index (χ2v) is 4.41. The van der Waals surface area contributed by atoms with E-state index < -0.39 is 0 Å². The average molecular weight is 247 g/mol. The highest BCUT2D eigenvalue weighted by Gasteiger charge is 2.03. The maximum Gasteiger partial charge on any atom is 0.128 e. The third-order valence-electron chi connectivity index (χ3n) is 2.86. The van der Waals surface area contributed by atoms with Crippen molar-refractivity contribution in [2.75, 3.05) is 5.32 Å². The lowest BCUT2D eigenvalue weighted by molar-refractivity contribution is 0.611. The van der Waals surface area contributed by atoms with E-state index in [1.54, 1.807) is 31.2 Å². The van der Waals surface area contributed by atoms with Gasteiger partial charge >= 0.3 is 0 Å². The Morgan fingerprint density at radius 1 is 0.944 bits per heavy atom. The monoisotopic (exact) mass is 247 g/mol. The van der Waals surface area contributed by atoms with Gasteiger partial charge < -0.3 is 5.32 Å². The molecule has 0 saturated heterocycles. The number of rotatable bonds is 3. The van der Waals surface area contributed by atoms with Crippen molar-refractivity contribution >= 4 is 5.69 Å². The number of halogens is 2. The van der Waals surface area contributed by atoms with Gasteiger partial charge in [-0.1, -0.05) is 23.8 Å². The molecule has 18 heavy (non-hydrogen) atoms. The molecular weight excluding hydrogens is 232 g/mol. The molecule has 1 nitrogen and oxygen atoms in total. The molecule has 3 heteroatoms. The predicted octanol–water partition coefficient (Wildman–Crippen LogP) is 4.19. The number of benzene rings is 2. The second-order valence-electron chi connectivity index (χ2n) is 4.41. The van der Waals surface area contributed by atoms with Gasteiger partial charge in [-0.3, -0.25) is 0 Å². The summed E-state index contributed by atoms with van der Waals surface area (Å²) in [6.07, 6.45) is 0. The molecule has 0 aliphatic rings. The molecule has 2 rings (SSSR count). The molecule has 2 aromatic carbocycles. The fraction of sp³-hybridized carbons (Fsp3) is 0.200. The number of hydrogen-bond acceptors (Lipinski definition) is 1. The second kappa shape index (κ2) is 5.17. The lowest BCUT2D eigenvalue weighted by Gasteiger charge is -2.09. The first-order valence-electron chi connectivity index (χ1n) is 5.81. The summed E-state index contributed by atoms with van der Waals surface area (Å²) in [4.78, 5) is 0. The van der Waals surface area contributed by atoms with Crippen molar-refractivity contribution in [3.05, 3.63) is 64.7 Å². The van der Waals surface area contributed by atoms with Crippen LogP contribution in [-0.4, -0.2) is 0 Å². The highest BCUT2D eigenvalue weighted by molar-refractivity contribution is 5.45. The van der Waals surface area contributed by atoms with Gasteiger partial charge in [-0.15, -0.1) is 0 Å². The van der Waals surface area contributed by atoms with E-state index in [4.69, 9.17) is 0 Å². The predicted molar refractivity (Wildman–Crippen MR) is 69.6 cm³/mol. The first-order valence-corrected chi connectivity index (χ1v) is 5.81. The van der Waals surface area contributed by atoms with Crippen molar-refractivity contribution in [3.63, 3.8) is 0 Å². The lowest BCUT2D eigenvalue weighted by Crippen LogP contribution is -2.02. The molecule has 0 bridgehead atoms. The highest BCUT2D eigenvalue weighted by Crippen LogP contribution is 2.16. The Balaban J connectivity index is 2.11. The maximum absolute atomic E-state index is 13.5. The Morgan fingerprint density at radius 2 is 1.72 bits per heavy atom. The molecule has 0 atom stereocenters. The van der Waals surface area contributed by atoms with Crippen molar-refractivity contribution < 1.29 is 8.78 Å². The van der Waals surface area contributed by atoms with Crippen LogP contribution in [0.4, 0.5) is 14.5 Å². The molecule has 0 aromatic heterocycles. The molecule has 0 radical (unpaired) electrons. The highest BCUT2D eigenvalue weighted by atomic mass is 19.1. The Hall–Kier alpha value is -1.90. The molecule has 94 valence electrons. The molecule has 0 saturated carbocycles. The van der Waals surface area contributed by atoms with Gasteiger partial charge in [-0.25, -0.2) is 8.78 Å². The molecule has 0 aliphatic carbocycles. The summed E-state index contributed by atoms with van der Waals surface area (Å²) in [5.74, 6) is -0.509. The van der Waals surface area contributed by atoms with Gasteiger partial charge in [0, 0.05) is 17.8 Å². The van der Waals surface area contributed by atoms with Crippen molar-refractivity contribution in [2.45, 2.75) is 20.4 Å². The van der Waals surface area contributed by atoms with E-state index in [-0.39, 0.29) is 11.6 Å². The fourth-order valence-corrected chi connectivity index (χ4v) is 1.74. The Bertz CT molecular complexity index is 564. The van der Waals surface area contributed by atoms with E-state index in [2.05, 4.69) is 5.32 Å². The van der Waals surface area contributed by atoms with E-state index in [0.29, 0.717) is 23.4 Å². The Morgan fingerprint density at radius 3 is 2.44 bits per heavy atom. The number of hydrogen-bond donors (Lipinski definition) is 1. The standard InChI is InChI=1S/C15H15F2N/c1-10-3-6-14(16)12(7-10)9-18-13-5-4-11(2)15(17)8-13/h3-8,18H,9H2,1-2H3. The topological polar surface area (TPSA) is 12.0 Å². The van der Waals surface area contributed by atoms with Crippen LogP contribution < -0.4 is 5.32 Å². The van der Waals surface area contributed by atoms with Crippen molar-refractivity contribution in [2.24, 2.45) is 0 Å². The van der Waals surface area contributed by atoms with Crippen LogP contribution in [0.1, 0.15) is 16.7 Å². The van der Waals surface area contributed by atoms with Gasteiger partial charge in [-0.2, -0.15) is 0 Å². The van der Waals surface area contributed by atoms with Gasteiger partial charge in [-0.05, 0) is 37.6 Å². The van der Waals surface area contributed by atoms with E-state index in [1.807, 2.05) is 6.92 Å². The molecule has 0 amide bonds. The van der Waals surface area contributed by atoms with Crippen molar-refractivity contribution in [1.82, 2.24) is 0 Å². The molecule has 2 aromatic rings. The summed E-state index contributed by atoms with van der Waals surface area (Å²) in [6, 6.07) is 9.86.